The number of esters is 1. The summed E-state index contributed by atoms with van der Waals surface area (Å²) in [6, 6.07) is -0.984. The molecule has 1 atom stereocenters. The van der Waals surface area contributed by atoms with Gasteiger partial charge in [-0.3, -0.25) is 9.69 Å². The average Bonchev–Trinajstić information content (AvgIpc) is 2.44. The Morgan fingerprint density at radius 2 is 1.56 bits per heavy atom. The molecule has 27 heavy (non-hydrogen) atoms. The largest absolute Gasteiger partial charge is 0.480 e. The van der Waals surface area contributed by atoms with E-state index < -0.39 is 29.3 Å². The van der Waals surface area contributed by atoms with Gasteiger partial charge in [0.1, 0.15) is 17.2 Å². The van der Waals surface area contributed by atoms with Crippen molar-refractivity contribution >= 4 is 18.0 Å². The minimum Gasteiger partial charge on any atom is -0.480 e. The summed E-state index contributed by atoms with van der Waals surface area (Å²) in [5.41, 5.74) is -1.18. The average molecular weight is 386 g/mol. The summed E-state index contributed by atoms with van der Waals surface area (Å²) in [5.74, 6) is -1.16. The second-order valence-corrected chi connectivity index (χ2v) is 9.08. The monoisotopic (exact) mass is 386 g/mol. The number of ether oxygens (including phenoxy) is 2. The van der Waals surface area contributed by atoms with Gasteiger partial charge in [0.15, 0.2) is 0 Å². The van der Waals surface area contributed by atoms with Gasteiger partial charge in [0.05, 0.1) is 6.54 Å². The topological polar surface area (TPSA) is 105 Å². The molecule has 0 saturated carbocycles. The number of alkyl carbamates (subject to hydrolysis) is 1. The highest BCUT2D eigenvalue weighted by Crippen LogP contribution is 2.22. The lowest BCUT2D eigenvalue weighted by Gasteiger charge is -2.33. The lowest BCUT2D eigenvalue weighted by molar-refractivity contribution is -0.156. The summed E-state index contributed by atoms with van der Waals surface area (Å²) in [6.45, 7) is 12.3. The second kappa shape index (κ2) is 9.39. The summed E-state index contributed by atoms with van der Waals surface area (Å²) >= 11 is 0. The smallest absolute Gasteiger partial charge is 0.408 e. The van der Waals surface area contributed by atoms with E-state index in [0.717, 1.165) is 12.8 Å². The van der Waals surface area contributed by atoms with Crippen LogP contribution in [0.2, 0.25) is 0 Å². The molecule has 1 saturated heterocycles. The number of rotatable bonds is 6. The first-order valence-corrected chi connectivity index (χ1v) is 9.42. The van der Waals surface area contributed by atoms with Gasteiger partial charge < -0.3 is 19.9 Å². The zero-order chi connectivity index (χ0) is 20.8. The Kier molecular flexibility index (Phi) is 8.07. The third kappa shape index (κ3) is 10.2. The standard InChI is InChI=1S/C19H34N2O6/c1-18(2,3)26-15(22)12-21-9-7-13(8-10-21)11-14(16(23)24)20-17(25)27-19(4,5)6/h13-14H,7-12H2,1-6H3,(H,20,25)(H,23,24)/t14-/m0/s1. The van der Waals surface area contributed by atoms with E-state index in [-0.39, 0.29) is 18.4 Å². The minimum atomic E-state index is -1.07. The van der Waals surface area contributed by atoms with Crippen LogP contribution >= 0.6 is 0 Å². The molecule has 8 nitrogen and oxygen atoms in total. The fraction of sp³-hybridized carbons (Fsp3) is 0.842. The fourth-order valence-corrected chi connectivity index (χ4v) is 2.94. The number of nitrogens with one attached hydrogen (secondary N) is 1. The summed E-state index contributed by atoms with van der Waals surface area (Å²) in [6.07, 6.45) is 1.15. The molecule has 0 aromatic heterocycles. The van der Waals surface area contributed by atoms with E-state index >= 15 is 0 Å². The van der Waals surface area contributed by atoms with Crippen molar-refractivity contribution in [3.05, 3.63) is 0 Å². The highest BCUT2D eigenvalue weighted by atomic mass is 16.6. The number of carboxylic acid groups (broad SMARTS) is 1. The molecule has 156 valence electrons. The Bertz CT molecular complexity index is 527. The number of likely N-dealkylation sites (tertiary alicyclic amines) is 1. The summed E-state index contributed by atoms with van der Waals surface area (Å²) in [7, 11) is 0. The van der Waals surface area contributed by atoms with Gasteiger partial charge >= 0.3 is 18.0 Å². The maximum Gasteiger partial charge on any atom is 0.408 e. The number of nitrogens with zero attached hydrogens (tertiary/aromatic N) is 1. The molecule has 1 heterocycles. The Morgan fingerprint density at radius 1 is 1.04 bits per heavy atom. The van der Waals surface area contributed by atoms with Crippen LogP contribution in [-0.4, -0.2) is 64.9 Å². The Morgan fingerprint density at radius 3 is 2.00 bits per heavy atom. The molecular weight excluding hydrogens is 352 g/mol. The number of hydrogen-bond acceptors (Lipinski definition) is 6. The molecule has 2 N–H and O–H groups in total. The number of amides is 1. The maximum atomic E-state index is 11.9. The molecule has 1 amide bonds. The molecule has 0 bridgehead atoms. The summed E-state index contributed by atoms with van der Waals surface area (Å²) in [4.78, 5) is 37.2. The maximum absolute atomic E-state index is 11.9. The van der Waals surface area contributed by atoms with Crippen LogP contribution in [0, 0.1) is 5.92 Å². The highest BCUT2D eigenvalue weighted by molar-refractivity contribution is 5.80. The molecular formula is C19H34N2O6. The van der Waals surface area contributed by atoms with Crippen molar-refractivity contribution in [3.63, 3.8) is 0 Å². The summed E-state index contributed by atoms with van der Waals surface area (Å²) in [5, 5.41) is 11.8. The number of carboxylic acids is 1. The normalized spacial score (nSPS) is 17.9. The summed E-state index contributed by atoms with van der Waals surface area (Å²) < 4.78 is 10.5. The Labute approximate surface area is 161 Å². The van der Waals surface area contributed by atoms with Gasteiger partial charge in [-0.15, -0.1) is 0 Å². The molecule has 1 fully saturated rings. The molecule has 1 rings (SSSR count). The van der Waals surface area contributed by atoms with E-state index in [1.165, 1.54) is 0 Å². The van der Waals surface area contributed by atoms with E-state index in [1.54, 1.807) is 20.8 Å². The highest BCUT2D eigenvalue weighted by Gasteiger charge is 2.29. The van der Waals surface area contributed by atoms with E-state index in [9.17, 15) is 19.5 Å². The van der Waals surface area contributed by atoms with Gasteiger partial charge in [-0.2, -0.15) is 0 Å². The van der Waals surface area contributed by atoms with E-state index in [0.29, 0.717) is 19.5 Å². The van der Waals surface area contributed by atoms with Crippen LogP contribution in [-0.2, 0) is 19.1 Å². The molecule has 1 aliphatic heterocycles. The predicted molar refractivity (Wildman–Crippen MR) is 100 cm³/mol. The van der Waals surface area contributed by atoms with Crippen LogP contribution in [0.3, 0.4) is 0 Å². The van der Waals surface area contributed by atoms with Gasteiger partial charge in [0.25, 0.3) is 0 Å². The Balaban J connectivity index is 2.45. The molecule has 0 aliphatic carbocycles. The molecule has 8 heteroatoms. The zero-order valence-electron chi connectivity index (χ0n) is 17.3. The van der Waals surface area contributed by atoms with Gasteiger partial charge in [0, 0.05) is 0 Å². The van der Waals surface area contributed by atoms with Crippen molar-refractivity contribution in [3.8, 4) is 0 Å². The molecule has 0 aromatic rings. The van der Waals surface area contributed by atoms with Crippen molar-refractivity contribution < 1.29 is 29.0 Å². The Hall–Kier alpha value is -1.83. The molecule has 1 aliphatic rings. The third-order valence-electron chi connectivity index (χ3n) is 4.04. The van der Waals surface area contributed by atoms with Gasteiger partial charge in [-0.25, -0.2) is 9.59 Å². The quantitative estimate of drug-likeness (QED) is 0.675. The zero-order valence-corrected chi connectivity index (χ0v) is 17.3. The first-order valence-electron chi connectivity index (χ1n) is 9.42. The minimum absolute atomic E-state index is 0.163. The fourth-order valence-electron chi connectivity index (χ4n) is 2.94. The molecule has 0 unspecified atom stereocenters. The van der Waals surface area contributed by atoms with Crippen LogP contribution < -0.4 is 5.32 Å². The van der Waals surface area contributed by atoms with Crippen LogP contribution in [0.5, 0.6) is 0 Å². The van der Waals surface area contributed by atoms with Gasteiger partial charge in [-0.1, -0.05) is 0 Å². The van der Waals surface area contributed by atoms with Gasteiger partial charge in [0.2, 0.25) is 0 Å². The van der Waals surface area contributed by atoms with Crippen LogP contribution in [0.25, 0.3) is 0 Å². The number of aliphatic carboxylic acids is 1. The predicted octanol–water partition coefficient (Wildman–Crippen LogP) is 2.41. The van der Waals surface area contributed by atoms with Crippen molar-refractivity contribution in [2.24, 2.45) is 5.92 Å². The molecule has 0 radical (unpaired) electrons. The van der Waals surface area contributed by atoms with Crippen LogP contribution in [0.15, 0.2) is 0 Å². The third-order valence-corrected chi connectivity index (χ3v) is 4.04. The number of carbonyl (C=O) groups excluding carboxylic acids is 2. The second-order valence-electron chi connectivity index (χ2n) is 9.08. The molecule has 0 spiro atoms. The van der Waals surface area contributed by atoms with Crippen LogP contribution in [0.4, 0.5) is 4.79 Å². The van der Waals surface area contributed by atoms with E-state index in [2.05, 4.69) is 5.32 Å². The lowest BCUT2D eigenvalue weighted by atomic mass is 9.90. The molecule has 0 aromatic carbocycles. The first-order chi connectivity index (χ1) is 12.2. The first kappa shape index (κ1) is 23.2. The van der Waals surface area contributed by atoms with Gasteiger partial charge in [-0.05, 0) is 79.8 Å². The van der Waals surface area contributed by atoms with Crippen molar-refractivity contribution in [1.82, 2.24) is 10.2 Å². The van der Waals surface area contributed by atoms with E-state index in [1.807, 2.05) is 25.7 Å². The van der Waals surface area contributed by atoms with Crippen LogP contribution in [0.1, 0.15) is 60.8 Å². The van der Waals surface area contributed by atoms with E-state index in [4.69, 9.17) is 9.47 Å². The van der Waals surface area contributed by atoms with Crippen molar-refractivity contribution in [2.75, 3.05) is 19.6 Å². The van der Waals surface area contributed by atoms with Crippen molar-refractivity contribution in [1.29, 1.82) is 0 Å². The number of hydrogen-bond donors (Lipinski definition) is 2. The SMILES string of the molecule is CC(C)(C)OC(=O)CN1CCC(C[C@H](NC(=O)OC(C)(C)C)C(=O)O)CC1. The van der Waals surface area contributed by atoms with Crippen molar-refractivity contribution in [2.45, 2.75) is 78.0 Å². The number of carbonyl (C=O) groups is 3. The lowest BCUT2D eigenvalue weighted by Crippen LogP contribution is -2.46. The number of piperidine rings is 1.